The zero-order valence-corrected chi connectivity index (χ0v) is 12.0. The first-order valence-electron chi connectivity index (χ1n) is 6.00. The molecule has 4 nitrogen and oxygen atoms in total. The molecule has 1 aliphatic rings. The van der Waals surface area contributed by atoms with E-state index in [2.05, 4.69) is 5.43 Å². The molecule has 2 heterocycles. The molecule has 0 aromatic carbocycles. The lowest BCUT2D eigenvalue weighted by Crippen LogP contribution is -2.29. The van der Waals surface area contributed by atoms with E-state index in [9.17, 15) is 4.79 Å². The fourth-order valence-corrected chi connectivity index (χ4v) is 4.12. The van der Waals surface area contributed by atoms with Gasteiger partial charge in [-0.1, -0.05) is 0 Å². The predicted molar refractivity (Wildman–Crippen MR) is 75.8 cm³/mol. The van der Waals surface area contributed by atoms with Crippen molar-refractivity contribution in [3.05, 3.63) is 21.4 Å². The number of hydrazine groups is 1. The monoisotopic (exact) mass is 286 g/mol. The minimum Gasteiger partial charge on any atom is -0.377 e. The number of thioether (sulfide) groups is 1. The van der Waals surface area contributed by atoms with E-state index in [0.717, 1.165) is 18.1 Å². The van der Waals surface area contributed by atoms with Gasteiger partial charge in [0, 0.05) is 23.0 Å². The van der Waals surface area contributed by atoms with Crippen molar-refractivity contribution < 1.29 is 9.53 Å². The van der Waals surface area contributed by atoms with Crippen molar-refractivity contribution in [3.63, 3.8) is 0 Å². The number of hydrogen-bond donors (Lipinski definition) is 2. The minimum absolute atomic E-state index is 0.210. The van der Waals surface area contributed by atoms with Gasteiger partial charge >= 0.3 is 0 Å². The normalized spacial score (nSPS) is 19.1. The molecular formula is C12H18N2O2S2. The van der Waals surface area contributed by atoms with Crippen molar-refractivity contribution in [2.24, 2.45) is 5.84 Å². The second-order valence-corrected chi connectivity index (χ2v) is 6.60. The lowest BCUT2D eigenvalue weighted by atomic mass is 10.3. The first-order valence-corrected chi connectivity index (χ1v) is 7.97. The molecule has 3 N–H and O–H groups in total. The van der Waals surface area contributed by atoms with Crippen molar-refractivity contribution in [2.45, 2.75) is 31.6 Å². The Morgan fingerprint density at radius 1 is 1.72 bits per heavy atom. The first kappa shape index (κ1) is 13.9. The number of rotatable bonds is 5. The number of hydrogen-bond acceptors (Lipinski definition) is 5. The molecule has 1 aliphatic heterocycles. The SMILES string of the molecule is Cc1sc(C(=O)NN)cc1CSCC1CCCO1. The number of thiophene rings is 1. The zero-order valence-electron chi connectivity index (χ0n) is 10.4. The summed E-state index contributed by atoms with van der Waals surface area (Å²) < 4.78 is 5.58. The molecular weight excluding hydrogens is 268 g/mol. The highest BCUT2D eigenvalue weighted by molar-refractivity contribution is 7.98. The molecule has 0 aliphatic carbocycles. The fraction of sp³-hybridized carbons (Fsp3) is 0.583. The molecule has 1 saturated heterocycles. The van der Waals surface area contributed by atoms with Crippen LogP contribution in [-0.4, -0.2) is 24.4 Å². The largest absolute Gasteiger partial charge is 0.377 e. The van der Waals surface area contributed by atoms with Crippen LogP contribution in [0.15, 0.2) is 6.07 Å². The van der Waals surface area contributed by atoms with Gasteiger partial charge in [0.2, 0.25) is 0 Å². The molecule has 0 radical (unpaired) electrons. The van der Waals surface area contributed by atoms with E-state index in [1.54, 1.807) is 0 Å². The summed E-state index contributed by atoms with van der Waals surface area (Å²) in [4.78, 5) is 13.3. The van der Waals surface area contributed by atoms with Crippen LogP contribution in [0.4, 0.5) is 0 Å². The van der Waals surface area contributed by atoms with E-state index in [0.29, 0.717) is 11.0 Å². The molecule has 0 spiro atoms. The highest BCUT2D eigenvalue weighted by Crippen LogP contribution is 2.27. The average molecular weight is 286 g/mol. The summed E-state index contributed by atoms with van der Waals surface area (Å²) in [5, 5.41) is 0. The van der Waals surface area contributed by atoms with Crippen LogP contribution in [0.1, 0.15) is 33.0 Å². The maximum absolute atomic E-state index is 11.4. The second-order valence-electron chi connectivity index (χ2n) is 4.32. The number of ether oxygens (including phenoxy) is 1. The molecule has 18 heavy (non-hydrogen) atoms. The number of amides is 1. The third-order valence-corrected chi connectivity index (χ3v) is 5.17. The van der Waals surface area contributed by atoms with Crippen LogP contribution in [0, 0.1) is 6.92 Å². The highest BCUT2D eigenvalue weighted by Gasteiger charge is 2.16. The fourth-order valence-electron chi connectivity index (χ4n) is 1.92. The number of carbonyl (C=O) groups excluding carboxylic acids is 1. The van der Waals surface area contributed by atoms with Gasteiger partial charge in [0.25, 0.3) is 5.91 Å². The van der Waals surface area contributed by atoms with Crippen LogP contribution in [0.3, 0.4) is 0 Å². The molecule has 2 rings (SSSR count). The minimum atomic E-state index is -0.210. The second kappa shape index (κ2) is 6.56. The Bertz CT molecular complexity index is 414. The van der Waals surface area contributed by atoms with Gasteiger partial charge in [-0.3, -0.25) is 10.2 Å². The van der Waals surface area contributed by atoms with Gasteiger partial charge < -0.3 is 4.74 Å². The van der Waals surface area contributed by atoms with Crippen LogP contribution >= 0.6 is 23.1 Å². The van der Waals surface area contributed by atoms with Gasteiger partial charge in [-0.05, 0) is 31.4 Å². The van der Waals surface area contributed by atoms with Gasteiger partial charge in [0.05, 0.1) is 11.0 Å². The van der Waals surface area contributed by atoms with Gasteiger partial charge in [0.1, 0.15) is 0 Å². The number of carbonyl (C=O) groups is 1. The lowest BCUT2D eigenvalue weighted by Gasteiger charge is -2.08. The topological polar surface area (TPSA) is 64.4 Å². The Morgan fingerprint density at radius 2 is 2.56 bits per heavy atom. The summed E-state index contributed by atoms with van der Waals surface area (Å²) in [6.45, 7) is 2.95. The van der Waals surface area contributed by atoms with E-state index in [-0.39, 0.29) is 5.91 Å². The van der Waals surface area contributed by atoms with Gasteiger partial charge in [-0.25, -0.2) is 5.84 Å². The smallest absolute Gasteiger partial charge is 0.275 e. The van der Waals surface area contributed by atoms with Gasteiger partial charge in [-0.15, -0.1) is 11.3 Å². The molecule has 0 saturated carbocycles. The van der Waals surface area contributed by atoms with Crippen molar-refractivity contribution in [2.75, 3.05) is 12.4 Å². The van der Waals surface area contributed by atoms with Crippen molar-refractivity contribution in [1.82, 2.24) is 5.43 Å². The highest BCUT2D eigenvalue weighted by atomic mass is 32.2. The quantitative estimate of drug-likeness (QED) is 0.494. The van der Waals surface area contributed by atoms with Crippen LogP contribution in [0.5, 0.6) is 0 Å². The van der Waals surface area contributed by atoms with E-state index < -0.39 is 0 Å². The van der Waals surface area contributed by atoms with Gasteiger partial charge in [0.15, 0.2) is 0 Å². The summed E-state index contributed by atoms with van der Waals surface area (Å²) in [6.07, 6.45) is 2.78. The van der Waals surface area contributed by atoms with Crippen LogP contribution in [-0.2, 0) is 10.5 Å². The Kier molecular flexibility index (Phi) is 5.05. The summed E-state index contributed by atoms with van der Waals surface area (Å²) in [5.74, 6) is 6.89. The number of nitrogen functional groups attached to an aromatic ring is 1. The third kappa shape index (κ3) is 3.47. The number of nitrogens with one attached hydrogen (secondary N) is 1. The molecule has 1 aromatic heterocycles. The van der Waals surface area contributed by atoms with Crippen LogP contribution in [0.25, 0.3) is 0 Å². The molecule has 1 fully saturated rings. The Hall–Kier alpha value is -0.560. The van der Waals surface area contributed by atoms with Crippen LogP contribution in [0.2, 0.25) is 0 Å². The Balaban J connectivity index is 1.84. The summed E-state index contributed by atoms with van der Waals surface area (Å²) >= 11 is 3.36. The summed E-state index contributed by atoms with van der Waals surface area (Å²) in [6, 6.07) is 1.94. The van der Waals surface area contributed by atoms with Gasteiger partial charge in [-0.2, -0.15) is 11.8 Å². The molecule has 1 amide bonds. The maximum Gasteiger partial charge on any atom is 0.275 e. The standard InChI is InChI=1S/C12H18N2O2S2/c1-8-9(5-11(18-8)12(15)14-13)6-17-7-10-3-2-4-16-10/h5,10H,2-4,6-7,13H2,1H3,(H,14,15). The van der Waals surface area contributed by atoms with E-state index >= 15 is 0 Å². The molecule has 1 aromatic rings. The molecule has 1 atom stereocenters. The van der Waals surface area contributed by atoms with E-state index in [1.807, 2.05) is 24.8 Å². The van der Waals surface area contributed by atoms with Crippen LogP contribution < -0.4 is 11.3 Å². The first-order chi connectivity index (χ1) is 8.70. The van der Waals surface area contributed by atoms with Crippen molar-refractivity contribution in [3.8, 4) is 0 Å². The number of nitrogens with two attached hydrogens (primary N) is 1. The van der Waals surface area contributed by atoms with Crippen molar-refractivity contribution in [1.29, 1.82) is 0 Å². The Morgan fingerprint density at radius 3 is 3.22 bits per heavy atom. The average Bonchev–Trinajstić information content (AvgIpc) is 2.99. The van der Waals surface area contributed by atoms with Crippen molar-refractivity contribution >= 4 is 29.0 Å². The zero-order chi connectivity index (χ0) is 13.0. The molecule has 0 bridgehead atoms. The molecule has 100 valence electrons. The third-order valence-electron chi connectivity index (χ3n) is 2.96. The predicted octanol–water partition coefficient (Wildman–Crippen LogP) is 2.07. The summed E-state index contributed by atoms with van der Waals surface area (Å²) in [7, 11) is 0. The lowest BCUT2D eigenvalue weighted by molar-refractivity contribution is 0.0957. The molecule has 1 unspecified atom stereocenters. The maximum atomic E-state index is 11.4. The summed E-state index contributed by atoms with van der Waals surface area (Å²) in [5.41, 5.74) is 3.39. The molecule has 6 heteroatoms. The van der Waals surface area contributed by atoms with E-state index in [4.69, 9.17) is 10.6 Å². The number of aryl methyl sites for hydroxylation is 1. The van der Waals surface area contributed by atoms with E-state index in [1.165, 1.54) is 34.6 Å². The Labute approximate surface area is 115 Å².